The molecular weight excluding hydrogens is 310 g/mol. The summed E-state index contributed by atoms with van der Waals surface area (Å²) in [6.07, 6.45) is 3.47. The molecule has 0 atom stereocenters. The van der Waals surface area contributed by atoms with Gasteiger partial charge in [-0.3, -0.25) is 19.2 Å². The molecule has 2 saturated heterocycles. The van der Waals surface area contributed by atoms with Crippen molar-refractivity contribution in [1.29, 1.82) is 0 Å². The summed E-state index contributed by atoms with van der Waals surface area (Å²) in [6.45, 7) is 4.75. The third-order valence-corrected chi connectivity index (χ3v) is 4.59. The van der Waals surface area contributed by atoms with E-state index in [1.54, 1.807) is 24.0 Å². The van der Waals surface area contributed by atoms with Crippen molar-refractivity contribution in [3.05, 3.63) is 18.0 Å². The number of nitrogens with one attached hydrogen (secondary N) is 1. The third kappa shape index (κ3) is 4.33. The van der Waals surface area contributed by atoms with E-state index in [0.29, 0.717) is 38.5 Å². The van der Waals surface area contributed by atoms with Gasteiger partial charge in [0, 0.05) is 45.5 Å². The largest absolute Gasteiger partial charge is 0.378 e. The van der Waals surface area contributed by atoms with Gasteiger partial charge < -0.3 is 15.0 Å². The molecule has 3 rings (SSSR count). The molecule has 2 amide bonds. The maximum atomic E-state index is 12.3. The zero-order valence-corrected chi connectivity index (χ0v) is 14.1. The van der Waals surface area contributed by atoms with Crippen molar-refractivity contribution in [2.75, 3.05) is 45.9 Å². The van der Waals surface area contributed by atoms with E-state index in [4.69, 9.17) is 4.74 Å². The number of amides is 2. The zero-order valence-electron chi connectivity index (χ0n) is 14.1. The summed E-state index contributed by atoms with van der Waals surface area (Å²) in [6, 6.07) is 1.86. The molecule has 3 heterocycles. The van der Waals surface area contributed by atoms with Crippen molar-refractivity contribution in [3.63, 3.8) is 0 Å². The van der Waals surface area contributed by atoms with Gasteiger partial charge in [0.2, 0.25) is 5.91 Å². The molecule has 0 radical (unpaired) electrons. The number of hydrogen-bond donors (Lipinski definition) is 1. The first-order chi connectivity index (χ1) is 11.6. The number of nitrogens with zero attached hydrogens (tertiary/aromatic N) is 4. The number of morpholine rings is 1. The summed E-state index contributed by atoms with van der Waals surface area (Å²) in [5.41, 5.74) is 0.447. The van der Waals surface area contributed by atoms with E-state index in [0.717, 1.165) is 25.9 Å². The summed E-state index contributed by atoms with van der Waals surface area (Å²) in [7, 11) is 1.79. The van der Waals surface area contributed by atoms with Crippen LogP contribution >= 0.6 is 0 Å². The molecule has 0 aliphatic carbocycles. The lowest BCUT2D eigenvalue weighted by molar-refractivity contribution is -0.136. The molecule has 132 valence electrons. The molecular formula is C16H25N5O3. The van der Waals surface area contributed by atoms with Gasteiger partial charge in [0.05, 0.1) is 19.8 Å². The Kier molecular flexibility index (Phi) is 5.47. The van der Waals surface area contributed by atoms with Gasteiger partial charge in [0.1, 0.15) is 5.69 Å². The normalized spacial score (nSPS) is 20.1. The van der Waals surface area contributed by atoms with Gasteiger partial charge in [-0.2, -0.15) is 5.10 Å². The van der Waals surface area contributed by atoms with Crippen molar-refractivity contribution in [2.45, 2.75) is 18.9 Å². The summed E-state index contributed by atoms with van der Waals surface area (Å²) in [4.78, 5) is 28.4. The van der Waals surface area contributed by atoms with Crippen LogP contribution in [0.1, 0.15) is 23.3 Å². The predicted molar refractivity (Wildman–Crippen MR) is 87.5 cm³/mol. The van der Waals surface area contributed by atoms with E-state index in [-0.39, 0.29) is 17.9 Å². The first-order valence-electron chi connectivity index (χ1n) is 8.50. The Labute approximate surface area is 141 Å². The number of carbonyl (C=O) groups excluding carboxylic acids is 2. The topological polar surface area (TPSA) is 79.7 Å². The highest BCUT2D eigenvalue weighted by Gasteiger charge is 2.25. The fourth-order valence-corrected chi connectivity index (χ4v) is 3.13. The van der Waals surface area contributed by atoms with Crippen LogP contribution in [0.3, 0.4) is 0 Å². The second-order valence-electron chi connectivity index (χ2n) is 6.39. The van der Waals surface area contributed by atoms with Crippen molar-refractivity contribution >= 4 is 11.8 Å². The lowest BCUT2D eigenvalue weighted by Gasteiger charge is -2.34. The third-order valence-electron chi connectivity index (χ3n) is 4.59. The SMILES string of the molecule is Cn1ccc(C(=O)NC2CCN(CC(=O)N3CCOCC3)CC2)n1. The molecule has 0 bridgehead atoms. The minimum absolute atomic E-state index is 0.126. The van der Waals surface area contributed by atoms with E-state index in [9.17, 15) is 9.59 Å². The molecule has 0 unspecified atom stereocenters. The van der Waals surface area contributed by atoms with Crippen molar-refractivity contribution < 1.29 is 14.3 Å². The van der Waals surface area contributed by atoms with Crippen molar-refractivity contribution in [1.82, 2.24) is 24.9 Å². The van der Waals surface area contributed by atoms with E-state index in [2.05, 4.69) is 15.3 Å². The Morgan fingerprint density at radius 1 is 1.25 bits per heavy atom. The summed E-state index contributed by atoms with van der Waals surface area (Å²) in [5.74, 6) is 0.0488. The number of aromatic nitrogens is 2. The molecule has 24 heavy (non-hydrogen) atoms. The molecule has 0 aromatic carbocycles. The number of aryl methyl sites for hydroxylation is 1. The highest BCUT2D eigenvalue weighted by atomic mass is 16.5. The van der Waals surface area contributed by atoms with Crippen LogP contribution in [0, 0.1) is 0 Å². The molecule has 2 aliphatic rings. The molecule has 1 N–H and O–H groups in total. The Bertz CT molecular complexity index is 574. The van der Waals surface area contributed by atoms with Crippen LogP contribution in [-0.2, 0) is 16.6 Å². The Hall–Kier alpha value is -1.93. The van der Waals surface area contributed by atoms with Crippen LogP contribution in [-0.4, -0.2) is 83.4 Å². The lowest BCUT2D eigenvalue weighted by atomic mass is 10.0. The molecule has 1 aromatic rings. The second-order valence-corrected chi connectivity index (χ2v) is 6.39. The van der Waals surface area contributed by atoms with Gasteiger partial charge in [-0.05, 0) is 18.9 Å². The quantitative estimate of drug-likeness (QED) is 0.800. The number of ether oxygens (including phenoxy) is 1. The summed E-state index contributed by atoms with van der Waals surface area (Å²) >= 11 is 0. The van der Waals surface area contributed by atoms with Gasteiger partial charge in [-0.25, -0.2) is 0 Å². The fraction of sp³-hybridized carbons (Fsp3) is 0.688. The average Bonchev–Trinajstić information content (AvgIpc) is 3.04. The molecule has 1 aromatic heterocycles. The molecule has 2 fully saturated rings. The Balaban J connectivity index is 1.40. The van der Waals surface area contributed by atoms with E-state index >= 15 is 0 Å². The van der Waals surface area contributed by atoms with Gasteiger partial charge in [-0.15, -0.1) is 0 Å². The Morgan fingerprint density at radius 3 is 2.58 bits per heavy atom. The number of rotatable bonds is 4. The van der Waals surface area contributed by atoms with Gasteiger partial charge in [0.15, 0.2) is 0 Å². The number of carbonyl (C=O) groups is 2. The maximum Gasteiger partial charge on any atom is 0.271 e. The Morgan fingerprint density at radius 2 is 1.96 bits per heavy atom. The van der Waals surface area contributed by atoms with Gasteiger partial charge >= 0.3 is 0 Å². The van der Waals surface area contributed by atoms with E-state index in [1.807, 2.05) is 4.90 Å². The van der Waals surface area contributed by atoms with Crippen LogP contribution in [0.4, 0.5) is 0 Å². The number of piperidine rings is 1. The molecule has 8 heteroatoms. The van der Waals surface area contributed by atoms with Crippen molar-refractivity contribution in [2.24, 2.45) is 7.05 Å². The molecule has 8 nitrogen and oxygen atoms in total. The standard InChI is InChI=1S/C16H25N5O3/c1-19-5-4-14(18-19)16(23)17-13-2-6-20(7-3-13)12-15(22)21-8-10-24-11-9-21/h4-5,13H,2-3,6-12H2,1H3,(H,17,23). The maximum absolute atomic E-state index is 12.3. The van der Waals surface area contributed by atoms with E-state index in [1.165, 1.54) is 0 Å². The molecule has 0 spiro atoms. The summed E-state index contributed by atoms with van der Waals surface area (Å²) in [5, 5.41) is 7.15. The highest BCUT2D eigenvalue weighted by Crippen LogP contribution is 2.11. The fourth-order valence-electron chi connectivity index (χ4n) is 3.13. The molecule has 0 saturated carbocycles. The van der Waals surface area contributed by atoms with Gasteiger partial charge in [-0.1, -0.05) is 0 Å². The number of likely N-dealkylation sites (tertiary alicyclic amines) is 1. The first-order valence-corrected chi connectivity index (χ1v) is 8.50. The average molecular weight is 335 g/mol. The lowest BCUT2D eigenvalue weighted by Crippen LogP contribution is -2.49. The van der Waals surface area contributed by atoms with Crippen LogP contribution < -0.4 is 5.32 Å². The smallest absolute Gasteiger partial charge is 0.271 e. The first kappa shape index (κ1) is 16.9. The monoisotopic (exact) mass is 335 g/mol. The van der Waals surface area contributed by atoms with Gasteiger partial charge in [0.25, 0.3) is 5.91 Å². The summed E-state index contributed by atoms with van der Waals surface area (Å²) < 4.78 is 6.89. The van der Waals surface area contributed by atoms with E-state index < -0.39 is 0 Å². The highest BCUT2D eigenvalue weighted by molar-refractivity contribution is 5.92. The number of hydrogen-bond acceptors (Lipinski definition) is 5. The minimum atomic E-state index is -0.126. The predicted octanol–water partition coefficient (Wildman–Crippen LogP) is -0.527. The minimum Gasteiger partial charge on any atom is -0.378 e. The van der Waals surface area contributed by atoms with Crippen LogP contribution in [0.15, 0.2) is 12.3 Å². The second kappa shape index (κ2) is 7.76. The van der Waals surface area contributed by atoms with Crippen LogP contribution in [0.25, 0.3) is 0 Å². The van der Waals surface area contributed by atoms with Crippen molar-refractivity contribution in [3.8, 4) is 0 Å². The molecule has 2 aliphatic heterocycles. The zero-order chi connectivity index (χ0) is 16.9. The van der Waals surface area contributed by atoms with Crippen LogP contribution in [0.2, 0.25) is 0 Å². The van der Waals surface area contributed by atoms with Crippen LogP contribution in [0.5, 0.6) is 0 Å².